The molecular weight excluding hydrogens is 403 g/mol. The predicted molar refractivity (Wildman–Crippen MR) is 101 cm³/mol. The maximum Gasteiger partial charge on any atom is 0.573 e. The number of rotatable bonds is 7. The Balaban J connectivity index is 1.79. The summed E-state index contributed by atoms with van der Waals surface area (Å²) in [5, 5.41) is 18.8. The number of allylic oxidation sites excluding steroid dienone is 2. The minimum absolute atomic E-state index is 0.0701. The van der Waals surface area contributed by atoms with E-state index in [1.54, 1.807) is 31.7 Å². The molecule has 30 heavy (non-hydrogen) atoms. The standard InChI is InChI=1S/C18H18F3N7O2/c1-10(22)8-13(23-3)9-28-11(2)24-16(26-28)17-25-15(27-30-17)12-4-6-14(7-5-12)29-18(19,20)21/h4-8,22-23H,9H2,1-3H3/b13-8-,22-10?. The van der Waals surface area contributed by atoms with Gasteiger partial charge in [-0.1, -0.05) is 5.16 Å². The molecule has 3 rings (SSSR count). The Morgan fingerprint density at radius 3 is 2.53 bits per heavy atom. The van der Waals surface area contributed by atoms with E-state index in [2.05, 4.69) is 30.3 Å². The Morgan fingerprint density at radius 2 is 1.93 bits per heavy atom. The number of aromatic nitrogens is 5. The van der Waals surface area contributed by atoms with Crippen LogP contribution in [0.1, 0.15) is 12.7 Å². The van der Waals surface area contributed by atoms with Crippen molar-refractivity contribution < 1.29 is 22.4 Å². The van der Waals surface area contributed by atoms with Crippen LogP contribution in [0, 0.1) is 12.3 Å². The summed E-state index contributed by atoms with van der Waals surface area (Å²) in [6.07, 6.45) is -3.08. The van der Waals surface area contributed by atoms with Crippen molar-refractivity contribution in [2.75, 3.05) is 7.05 Å². The smallest absolute Gasteiger partial charge is 0.406 e. The summed E-state index contributed by atoms with van der Waals surface area (Å²) in [6, 6.07) is 5.09. The lowest BCUT2D eigenvalue weighted by molar-refractivity contribution is -0.274. The summed E-state index contributed by atoms with van der Waals surface area (Å²) in [6.45, 7) is 3.80. The van der Waals surface area contributed by atoms with Gasteiger partial charge in [-0.2, -0.15) is 4.98 Å². The summed E-state index contributed by atoms with van der Waals surface area (Å²) in [5.41, 5.74) is 1.61. The number of nitrogens with zero attached hydrogens (tertiary/aromatic N) is 5. The van der Waals surface area contributed by atoms with Gasteiger partial charge in [-0.05, 0) is 44.2 Å². The second kappa shape index (κ2) is 8.35. The molecule has 0 bridgehead atoms. The van der Waals surface area contributed by atoms with E-state index in [0.717, 1.165) is 17.8 Å². The summed E-state index contributed by atoms with van der Waals surface area (Å²) in [5.74, 6) is 0.709. The fraction of sp³-hybridized carbons (Fsp3) is 0.278. The molecule has 0 atom stereocenters. The van der Waals surface area contributed by atoms with Crippen LogP contribution in [0.4, 0.5) is 13.2 Å². The van der Waals surface area contributed by atoms with E-state index < -0.39 is 6.36 Å². The topological polar surface area (TPSA) is 115 Å². The van der Waals surface area contributed by atoms with Gasteiger partial charge < -0.3 is 20.0 Å². The van der Waals surface area contributed by atoms with E-state index >= 15 is 0 Å². The van der Waals surface area contributed by atoms with Crippen molar-refractivity contribution in [2.24, 2.45) is 0 Å². The Hall–Kier alpha value is -3.70. The number of benzene rings is 1. The largest absolute Gasteiger partial charge is 0.573 e. The molecule has 1 aromatic carbocycles. The van der Waals surface area contributed by atoms with E-state index in [1.807, 2.05) is 0 Å². The highest BCUT2D eigenvalue weighted by molar-refractivity contribution is 5.90. The first kappa shape index (κ1) is 21.0. The number of alkyl halides is 3. The number of likely N-dealkylation sites (N-methyl/N-ethyl adjacent to an activating group) is 1. The normalized spacial score (nSPS) is 12.1. The summed E-state index contributed by atoms with van der Waals surface area (Å²) in [7, 11) is 1.75. The number of hydrogen-bond donors (Lipinski definition) is 2. The molecule has 3 aromatic rings. The van der Waals surface area contributed by atoms with Crippen LogP contribution in [0.2, 0.25) is 0 Å². The van der Waals surface area contributed by atoms with Crippen molar-refractivity contribution in [3.63, 3.8) is 0 Å². The molecular formula is C18H18F3N7O2. The quantitative estimate of drug-likeness (QED) is 0.562. The summed E-state index contributed by atoms with van der Waals surface area (Å²) in [4.78, 5) is 8.52. The van der Waals surface area contributed by atoms with Gasteiger partial charge in [0.1, 0.15) is 11.6 Å². The average molecular weight is 421 g/mol. The third-order valence-electron chi connectivity index (χ3n) is 3.85. The zero-order valence-electron chi connectivity index (χ0n) is 16.3. The van der Waals surface area contributed by atoms with Crippen LogP contribution in [-0.4, -0.2) is 44.0 Å². The molecule has 0 unspecified atom stereocenters. The SMILES string of the molecule is CN/C(=C\C(C)=N)Cn1nc(-c2nc(-c3ccc(OC(F)(F)F)cc3)no2)nc1C. The molecule has 2 aromatic heterocycles. The third kappa shape index (κ3) is 5.21. The molecule has 2 heterocycles. The minimum atomic E-state index is -4.76. The Morgan fingerprint density at radius 1 is 1.23 bits per heavy atom. The monoisotopic (exact) mass is 421 g/mol. The van der Waals surface area contributed by atoms with Gasteiger partial charge in [-0.3, -0.25) is 0 Å². The van der Waals surface area contributed by atoms with Crippen LogP contribution in [0.5, 0.6) is 5.75 Å². The molecule has 0 spiro atoms. The summed E-state index contributed by atoms with van der Waals surface area (Å²) >= 11 is 0. The second-order valence-corrected chi connectivity index (χ2v) is 6.24. The maximum atomic E-state index is 12.3. The van der Waals surface area contributed by atoms with Gasteiger partial charge >= 0.3 is 6.36 Å². The minimum Gasteiger partial charge on any atom is -0.406 e. The van der Waals surface area contributed by atoms with Crippen LogP contribution in [0.15, 0.2) is 40.6 Å². The molecule has 0 saturated heterocycles. The molecule has 158 valence electrons. The van der Waals surface area contributed by atoms with Crippen molar-refractivity contribution in [1.29, 1.82) is 5.41 Å². The number of ether oxygens (including phenoxy) is 1. The average Bonchev–Trinajstić information content (AvgIpc) is 3.27. The number of halogens is 3. The molecule has 0 amide bonds. The number of aryl methyl sites for hydroxylation is 1. The fourth-order valence-electron chi connectivity index (χ4n) is 2.52. The van der Waals surface area contributed by atoms with Gasteiger partial charge in [0, 0.05) is 24.0 Å². The first-order valence-electron chi connectivity index (χ1n) is 8.70. The van der Waals surface area contributed by atoms with Crippen LogP contribution in [-0.2, 0) is 6.54 Å². The Bertz CT molecular complexity index is 1070. The molecule has 0 aliphatic heterocycles. The van der Waals surface area contributed by atoms with Gasteiger partial charge in [0.05, 0.1) is 6.54 Å². The maximum absolute atomic E-state index is 12.3. The highest BCUT2D eigenvalue weighted by atomic mass is 19.4. The van der Waals surface area contributed by atoms with E-state index in [1.165, 1.54) is 12.1 Å². The molecule has 0 aliphatic rings. The lowest BCUT2D eigenvalue weighted by Gasteiger charge is -2.08. The van der Waals surface area contributed by atoms with Crippen molar-refractivity contribution in [2.45, 2.75) is 26.8 Å². The Labute approximate surface area is 169 Å². The third-order valence-corrected chi connectivity index (χ3v) is 3.85. The zero-order chi connectivity index (χ0) is 21.9. The van der Waals surface area contributed by atoms with E-state index in [9.17, 15) is 13.2 Å². The first-order chi connectivity index (χ1) is 14.1. The molecule has 0 radical (unpaired) electrons. The van der Waals surface area contributed by atoms with Gasteiger partial charge in [0.15, 0.2) is 0 Å². The summed E-state index contributed by atoms with van der Waals surface area (Å²) < 4.78 is 47.4. The van der Waals surface area contributed by atoms with Crippen LogP contribution in [0.25, 0.3) is 23.1 Å². The van der Waals surface area contributed by atoms with Crippen molar-refractivity contribution in [1.82, 2.24) is 30.2 Å². The van der Waals surface area contributed by atoms with Crippen molar-refractivity contribution >= 4 is 5.71 Å². The van der Waals surface area contributed by atoms with E-state index in [0.29, 0.717) is 23.6 Å². The van der Waals surface area contributed by atoms with E-state index in [-0.39, 0.29) is 23.3 Å². The van der Waals surface area contributed by atoms with Crippen LogP contribution >= 0.6 is 0 Å². The Kier molecular flexibility index (Phi) is 5.85. The molecule has 2 N–H and O–H groups in total. The molecule has 0 saturated carbocycles. The van der Waals surface area contributed by atoms with Crippen LogP contribution < -0.4 is 10.1 Å². The van der Waals surface area contributed by atoms with Gasteiger partial charge in [-0.25, -0.2) is 9.67 Å². The number of hydrogen-bond acceptors (Lipinski definition) is 8. The van der Waals surface area contributed by atoms with Gasteiger partial charge in [-0.15, -0.1) is 18.3 Å². The molecule has 9 nitrogen and oxygen atoms in total. The lowest BCUT2D eigenvalue weighted by Crippen LogP contribution is -2.16. The predicted octanol–water partition coefficient (Wildman–Crippen LogP) is 3.35. The lowest BCUT2D eigenvalue weighted by atomic mass is 10.2. The molecule has 0 fully saturated rings. The fourth-order valence-corrected chi connectivity index (χ4v) is 2.52. The van der Waals surface area contributed by atoms with E-state index in [4.69, 9.17) is 9.93 Å². The molecule has 12 heteroatoms. The number of nitrogens with one attached hydrogen (secondary N) is 2. The first-order valence-corrected chi connectivity index (χ1v) is 8.70. The van der Waals surface area contributed by atoms with Gasteiger partial charge in [0.25, 0.3) is 5.89 Å². The zero-order valence-corrected chi connectivity index (χ0v) is 16.3. The second-order valence-electron chi connectivity index (χ2n) is 6.24. The highest BCUT2D eigenvalue weighted by Crippen LogP contribution is 2.26. The molecule has 0 aliphatic carbocycles. The van der Waals surface area contributed by atoms with Crippen LogP contribution in [0.3, 0.4) is 0 Å². The van der Waals surface area contributed by atoms with Gasteiger partial charge in [0.2, 0.25) is 11.6 Å². The highest BCUT2D eigenvalue weighted by Gasteiger charge is 2.31. The van der Waals surface area contributed by atoms with Crippen molar-refractivity contribution in [3.05, 3.63) is 41.9 Å². The van der Waals surface area contributed by atoms with Crippen molar-refractivity contribution in [3.8, 4) is 28.9 Å².